The van der Waals surface area contributed by atoms with Gasteiger partial charge in [-0.2, -0.15) is 5.10 Å². The standard InChI is InChI=1S/C22H20N4O2/c27-21(13-12-17-15-23-26(16-17)18-7-2-1-3-8-18)24-19-9-4-5-10-20(19)25-14-6-11-22(25)28/h1-5,7-10,12-13,15-16H,6,11,14H2,(H,24,27). The lowest BCUT2D eigenvalue weighted by Gasteiger charge is -2.19. The van der Waals surface area contributed by atoms with Crippen molar-refractivity contribution in [1.29, 1.82) is 0 Å². The van der Waals surface area contributed by atoms with E-state index >= 15 is 0 Å². The molecule has 0 bridgehead atoms. The first-order valence-corrected chi connectivity index (χ1v) is 9.19. The first-order chi connectivity index (χ1) is 13.7. The average molecular weight is 372 g/mol. The molecule has 0 radical (unpaired) electrons. The molecule has 1 aromatic heterocycles. The Morgan fingerprint density at radius 3 is 2.64 bits per heavy atom. The smallest absolute Gasteiger partial charge is 0.248 e. The molecule has 2 aromatic carbocycles. The number of nitrogens with one attached hydrogen (secondary N) is 1. The van der Waals surface area contributed by atoms with Gasteiger partial charge < -0.3 is 10.2 Å². The van der Waals surface area contributed by atoms with Crippen LogP contribution >= 0.6 is 0 Å². The molecule has 0 atom stereocenters. The number of amides is 2. The second kappa shape index (κ2) is 7.92. The number of benzene rings is 2. The molecular weight excluding hydrogens is 352 g/mol. The van der Waals surface area contributed by atoms with Crippen molar-refractivity contribution in [3.05, 3.63) is 78.6 Å². The van der Waals surface area contributed by atoms with Crippen LogP contribution in [0.4, 0.5) is 11.4 Å². The summed E-state index contributed by atoms with van der Waals surface area (Å²) in [5.74, 6) is -0.169. The number of aromatic nitrogens is 2. The Kier molecular flexibility index (Phi) is 5.01. The summed E-state index contributed by atoms with van der Waals surface area (Å²) < 4.78 is 1.76. The van der Waals surface area contributed by atoms with E-state index in [0.717, 1.165) is 23.4 Å². The molecule has 1 fully saturated rings. The quantitative estimate of drug-likeness (QED) is 0.695. The Balaban J connectivity index is 1.45. The maximum Gasteiger partial charge on any atom is 0.248 e. The van der Waals surface area contributed by atoms with Crippen LogP contribution in [0.15, 0.2) is 73.1 Å². The van der Waals surface area contributed by atoms with Crippen LogP contribution in [-0.4, -0.2) is 28.1 Å². The first-order valence-electron chi connectivity index (χ1n) is 9.19. The van der Waals surface area contributed by atoms with E-state index in [1.165, 1.54) is 6.08 Å². The molecular formula is C22H20N4O2. The summed E-state index contributed by atoms with van der Waals surface area (Å²) in [6, 6.07) is 17.1. The zero-order chi connectivity index (χ0) is 19.3. The van der Waals surface area contributed by atoms with Crippen molar-refractivity contribution in [3.63, 3.8) is 0 Å². The average Bonchev–Trinajstić information content (AvgIpc) is 3.37. The zero-order valence-corrected chi connectivity index (χ0v) is 15.3. The number of hydrogen-bond donors (Lipinski definition) is 1. The van der Waals surface area contributed by atoms with Gasteiger partial charge in [-0.15, -0.1) is 0 Å². The number of carbonyl (C=O) groups excluding carboxylic acids is 2. The molecule has 0 unspecified atom stereocenters. The third-order valence-corrected chi connectivity index (χ3v) is 4.58. The number of nitrogens with zero attached hydrogens (tertiary/aromatic N) is 3. The number of hydrogen-bond acceptors (Lipinski definition) is 3. The van der Waals surface area contributed by atoms with Crippen molar-refractivity contribution < 1.29 is 9.59 Å². The molecule has 140 valence electrons. The number of rotatable bonds is 5. The van der Waals surface area contributed by atoms with Gasteiger partial charge in [-0.3, -0.25) is 9.59 Å². The summed E-state index contributed by atoms with van der Waals surface area (Å²) in [6.45, 7) is 0.681. The highest BCUT2D eigenvalue weighted by Crippen LogP contribution is 2.29. The van der Waals surface area contributed by atoms with Gasteiger partial charge in [-0.05, 0) is 36.8 Å². The fourth-order valence-electron chi connectivity index (χ4n) is 3.21. The van der Waals surface area contributed by atoms with Gasteiger partial charge in [0.25, 0.3) is 0 Å². The van der Waals surface area contributed by atoms with E-state index < -0.39 is 0 Å². The Labute approximate surface area is 163 Å². The molecule has 1 aliphatic rings. The normalized spacial score (nSPS) is 14.0. The zero-order valence-electron chi connectivity index (χ0n) is 15.3. The summed E-state index contributed by atoms with van der Waals surface area (Å²) in [5, 5.41) is 7.18. The highest BCUT2D eigenvalue weighted by molar-refractivity contribution is 6.06. The van der Waals surface area contributed by atoms with E-state index in [-0.39, 0.29) is 11.8 Å². The molecule has 28 heavy (non-hydrogen) atoms. The Morgan fingerprint density at radius 2 is 1.86 bits per heavy atom. The molecule has 4 rings (SSSR count). The van der Waals surface area contributed by atoms with E-state index in [9.17, 15) is 9.59 Å². The number of para-hydroxylation sites is 3. The summed E-state index contributed by atoms with van der Waals surface area (Å²) in [5.41, 5.74) is 3.15. The molecule has 1 aliphatic heterocycles. The van der Waals surface area contributed by atoms with Gasteiger partial charge in [0.15, 0.2) is 0 Å². The Hall–Kier alpha value is -3.67. The second-order valence-corrected chi connectivity index (χ2v) is 6.54. The maximum absolute atomic E-state index is 12.4. The predicted molar refractivity (Wildman–Crippen MR) is 109 cm³/mol. The van der Waals surface area contributed by atoms with Gasteiger partial charge in [0.05, 0.1) is 23.3 Å². The van der Waals surface area contributed by atoms with Gasteiger partial charge >= 0.3 is 0 Å². The number of carbonyl (C=O) groups is 2. The summed E-state index contributed by atoms with van der Waals surface area (Å²) in [7, 11) is 0. The summed E-state index contributed by atoms with van der Waals surface area (Å²) in [4.78, 5) is 26.1. The van der Waals surface area contributed by atoms with Crippen molar-refractivity contribution in [1.82, 2.24) is 9.78 Å². The van der Waals surface area contributed by atoms with Crippen molar-refractivity contribution in [2.75, 3.05) is 16.8 Å². The van der Waals surface area contributed by atoms with Gasteiger partial charge in [0.1, 0.15) is 0 Å². The van der Waals surface area contributed by atoms with Crippen LogP contribution in [0.3, 0.4) is 0 Å². The first kappa shape index (κ1) is 17.7. The number of anilines is 2. The molecule has 6 heteroatoms. The maximum atomic E-state index is 12.4. The monoisotopic (exact) mass is 372 g/mol. The highest BCUT2D eigenvalue weighted by Gasteiger charge is 2.23. The van der Waals surface area contributed by atoms with Crippen molar-refractivity contribution in [3.8, 4) is 5.69 Å². The van der Waals surface area contributed by atoms with Crippen LogP contribution in [0.5, 0.6) is 0 Å². The molecule has 1 N–H and O–H groups in total. The largest absolute Gasteiger partial charge is 0.321 e. The molecule has 1 saturated heterocycles. The highest BCUT2D eigenvalue weighted by atomic mass is 16.2. The third-order valence-electron chi connectivity index (χ3n) is 4.58. The minimum absolute atomic E-state index is 0.0885. The van der Waals surface area contributed by atoms with E-state index in [1.54, 1.807) is 27.9 Å². The Morgan fingerprint density at radius 1 is 1.07 bits per heavy atom. The van der Waals surface area contributed by atoms with Crippen molar-refractivity contribution in [2.24, 2.45) is 0 Å². The van der Waals surface area contributed by atoms with Crippen LogP contribution in [0.1, 0.15) is 18.4 Å². The molecule has 0 saturated carbocycles. The fourth-order valence-corrected chi connectivity index (χ4v) is 3.21. The van der Waals surface area contributed by atoms with Gasteiger partial charge in [-0.25, -0.2) is 4.68 Å². The molecule has 2 heterocycles. The second-order valence-electron chi connectivity index (χ2n) is 6.54. The van der Waals surface area contributed by atoms with Crippen LogP contribution in [0.2, 0.25) is 0 Å². The summed E-state index contributed by atoms with van der Waals surface area (Å²) in [6.07, 6.45) is 8.13. The molecule has 0 spiro atoms. The third kappa shape index (κ3) is 3.86. The molecule has 2 amide bonds. The lowest BCUT2D eigenvalue weighted by Crippen LogP contribution is -2.25. The Bertz CT molecular complexity index is 1020. The molecule has 3 aromatic rings. The van der Waals surface area contributed by atoms with E-state index in [0.29, 0.717) is 18.7 Å². The van der Waals surface area contributed by atoms with E-state index in [1.807, 2.05) is 54.7 Å². The lowest BCUT2D eigenvalue weighted by molar-refractivity contribution is -0.117. The van der Waals surface area contributed by atoms with Gasteiger partial charge in [-0.1, -0.05) is 30.3 Å². The van der Waals surface area contributed by atoms with Crippen LogP contribution in [-0.2, 0) is 9.59 Å². The van der Waals surface area contributed by atoms with E-state index in [4.69, 9.17) is 0 Å². The minimum Gasteiger partial charge on any atom is -0.321 e. The van der Waals surface area contributed by atoms with Crippen molar-refractivity contribution in [2.45, 2.75) is 12.8 Å². The predicted octanol–water partition coefficient (Wildman–Crippen LogP) is 3.65. The van der Waals surface area contributed by atoms with Crippen LogP contribution in [0, 0.1) is 0 Å². The fraction of sp³-hybridized carbons (Fsp3) is 0.136. The minimum atomic E-state index is -0.258. The van der Waals surface area contributed by atoms with E-state index in [2.05, 4.69) is 10.4 Å². The van der Waals surface area contributed by atoms with Gasteiger partial charge in [0.2, 0.25) is 11.8 Å². The molecule has 6 nitrogen and oxygen atoms in total. The SMILES string of the molecule is O=C(C=Cc1cnn(-c2ccccc2)c1)Nc1ccccc1N1CCCC1=O. The molecule has 0 aliphatic carbocycles. The van der Waals surface area contributed by atoms with Gasteiger partial charge in [0, 0.05) is 30.8 Å². The van der Waals surface area contributed by atoms with Crippen LogP contribution in [0.25, 0.3) is 11.8 Å². The van der Waals surface area contributed by atoms with Crippen molar-refractivity contribution >= 4 is 29.3 Å². The topological polar surface area (TPSA) is 67.2 Å². The summed E-state index contributed by atoms with van der Waals surface area (Å²) >= 11 is 0. The lowest BCUT2D eigenvalue weighted by atomic mass is 10.2. The van der Waals surface area contributed by atoms with Crippen LogP contribution < -0.4 is 10.2 Å².